The van der Waals surface area contributed by atoms with Gasteiger partial charge in [-0.25, -0.2) is 0 Å². The summed E-state index contributed by atoms with van der Waals surface area (Å²) in [6.45, 7) is 8.56. The smallest absolute Gasteiger partial charge is 0.115 e. The van der Waals surface area contributed by atoms with Gasteiger partial charge in [0.1, 0.15) is 5.75 Å². The van der Waals surface area contributed by atoms with Crippen molar-refractivity contribution in [3.63, 3.8) is 0 Å². The third kappa shape index (κ3) is 4.04. The summed E-state index contributed by atoms with van der Waals surface area (Å²) in [4.78, 5) is 0. The normalized spacial score (nSPS) is 15.9. The first kappa shape index (κ1) is 15.1. The SMILES string of the molecule is C=CC(C)[C@@H](c1ccc(O)cc1)[C@H](C)OCCCl. The summed E-state index contributed by atoms with van der Waals surface area (Å²) in [6, 6.07) is 7.26. The summed E-state index contributed by atoms with van der Waals surface area (Å²) in [5.74, 6) is 1.28. The average molecular weight is 269 g/mol. The van der Waals surface area contributed by atoms with Crippen LogP contribution in [0.2, 0.25) is 0 Å². The Bertz CT molecular complexity index is 361. The summed E-state index contributed by atoms with van der Waals surface area (Å²) in [6.07, 6.45) is 1.99. The first-order chi connectivity index (χ1) is 8.60. The number of rotatable bonds is 7. The number of hydrogen-bond acceptors (Lipinski definition) is 2. The van der Waals surface area contributed by atoms with E-state index in [1.54, 1.807) is 12.1 Å². The van der Waals surface area contributed by atoms with Gasteiger partial charge in [0.15, 0.2) is 0 Å². The molecule has 2 nitrogen and oxygen atoms in total. The zero-order valence-corrected chi connectivity index (χ0v) is 11.7. The van der Waals surface area contributed by atoms with E-state index >= 15 is 0 Å². The molecule has 1 aromatic rings. The molecule has 3 heteroatoms. The zero-order chi connectivity index (χ0) is 13.5. The van der Waals surface area contributed by atoms with Crippen LogP contribution in [0.3, 0.4) is 0 Å². The Labute approximate surface area is 114 Å². The zero-order valence-electron chi connectivity index (χ0n) is 11.0. The first-order valence-electron chi connectivity index (χ1n) is 6.19. The summed E-state index contributed by atoms with van der Waals surface area (Å²) in [7, 11) is 0. The van der Waals surface area contributed by atoms with Gasteiger partial charge in [-0.1, -0.05) is 25.1 Å². The van der Waals surface area contributed by atoms with Crippen molar-refractivity contribution in [1.82, 2.24) is 0 Å². The minimum absolute atomic E-state index is 0.0568. The van der Waals surface area contributed by atoms with Gasteiger partial charge in [-0.15, -0.1) is 18.2 Å². The standard InChI is InChI=1S/C15H21ClO2/c1-4-11(2)15(12(3)18-10-9-16)13-5-7-14(17)8-6-13/h4-8,11-12,15,17H,1,9-10H2,2-3H3/t11?,12-,15+/m0/s1. The van der Waals surface area contributed by atoms with Gasteiger partial charge in [-0.3, -0.25) is 0 Å². The Morgan fingerprint density at radius 1 is 1.33 bits per heavy atom. The molecule has 0 heterocycles. The minimum atomic E-state index is 0.0568. The fourth-order valence-corrected chi connectivity index (χ4v) is 2.27. The minimum Gasteiger partial charge on any atom is -0.508 e. The van der Waals surface area contributed by atoms with E-state index in [0.29, 0.717) is 18.4 Å². The monoisotopic (exact) mass is 268 g/mol. The third-order valence-electron chi connectivity index (χ3n) is 3.18. The molecule has 0 amide bonds. The number of phenols is 1. The molecule has 0 aliphatic rings. The number of aromatic hydroxyl groups is 1. The van der Waals surface area contributed by atoms with Gasteiger partial charge < -0.3 is 9.84 Å². The number of alkyl halides is 1. The lowest BCUT2D eigenvalue weighted by Gasteiger charge is -2.28. The van der Waals surface area contributed by atoms with Crippen LogP contribution in [0.1, 0.15) is 25.3 Å². The predicted octanol–water partition coefficient (Wildman–Crippen LogP) is 3.94. The highest BCUT2D eigenvalue weighted by Gasteiger charge is 2.24. The highest BCUT2D eigenvalue weighted by molar-refractivity contribution is 6.17. The third-order valence-corrected chi connectivity index (χ3v) is 3.33. The maximum Gasteiger partial charge on any atom is 0.115 e. The van der Waals surface area contributed by atoms with E-state index < -0.39 is 0 Å². The molecule has 18 heavy (non-hydrogen) atoms. The molecule has 0 saturated heterocycles. The van der Waals surface area contributed by atoms with Crippen molar-refractivity contribution in [3.05, 3.63) is 42.5 Å². The molecule has 3 atom stereocenters. The lowest BCUT2D eigenvalue weighted by molar-refractivity contribution is 0.0486. The van der Waals surface area contributed by atoms with Crippen LogP contribution in [0, 0.1) is 5.92 Å². The number of halogens is 1. The van der Waals surface area contributed by atoms with Gasteiger partial charge in [-0.05, 0) is 30.5 Å². The summed E-state index contributed by atoms with van der Waals surface area (Å²) >= 11 is 5.65. The summed E-state index contributed by atoms with van der Waals surface area (Å²) in [5.41, 5.74) is 1.14. The van der Waals surface area contributed by atoms with E-state index in [4.69, 9.17) is 16.3 Å². The Kier molecular flexibility index (Phi) is 6.23. The molecule has 0 bridgehead atoms. The van der Waals surface area contributed by atoms with Crippen molar-refractivity contribution in [2.45, 2.75) is 25.9 Å². The number of ether oxygens (including phenoxy) is 1. The van der Waals surface area contributed by atoms with Gasteiger partial charge in [0, 0.05) is 11.8 Å². The lowest BCUT2D eigenvalue weighted by atomic mass is 9.83. The van der Waals surface area contributed by atoms with E-state index in [1.165, 1.54) is 0 Å². The molecule has 100 valence electrons. The molecule has 1 aromatic carbocycles. The van der Waals surface area contributed by atoms with Gasteiger partial charge >= 0.3 is 0 Å². The Morgan fingerprint density at radius 2 is 1.94 bits per heavy atom. The molecular formula is C15H21ClO2. The van der Waals surface area contributed by atoms with Gasteiger partial charge in [0.25, 0.3) is 0 Å². The van der Waals surface area contributed by atoms with Gasteiger partial charge in [0.2, 0.25) is 0 Å². The van der Waals surface area contributed by atoms with Crippen LogP contribution in [-0.4, -0.2) is 23.7 Å². The van der Waals surface area contributed by atoms with Crippen molar-refractivity contribution in [2.75, 3.05) is 12.5 Å². The highest BCUT2D eigenvalue weighted by Crippen LogP contribution is 2.31. The largest absolute Gasteiger partial charge is 0.508 e. The van der Waals surface area contributed by atoms with E-state index in [2.05, 4.69) is 13.5 Å². The fraction of sp³-hybridized carbons (Fsp3) is 0.467. The second kappa shape index (κ2) is 7.45. The Morgan fingerprint density at radius 3 is 2.44 bits per heavy atom. The average Bonchev–Trinajstić information content (AvgIpc) is 2.38. The number of benzene rings is 1. The van der Waals surface area contributed by atoms with Gasteiger partial charge in [-0.2, -0.15) is 0 Å². The quantitative estimate of drug-likeness (QED) is 0.599. The number of allylic oxidation sites excluding steroid dienone is 1. The molecular weight excluding hydrogens is 248 g/mol. The molecule has 0 saturated carbocycles. The van der Waals surface area contributed by atoms with Crippen LogP contribution in [-0.2, 0) is 4.74 Å². The first-order valence-corrected chi connectivity index (χ1v) is 6.72. The molecule has 1 N–H and O–H groups in total. The van der Waals surface area contributed by atoms with E-state index in [0.717, 1.165) is 5.56 Å². The topological polar surface area (TPSA) is 29.5 Å². The Balaban J connectivity index is 2.90. The maximum absolute atomic E-state index is 9.35. The van der Waals surface area contributed by atoms with Crippen molar-refractivity contribution in [1.29, 1.82) is 0 Å². The lowest BCUT2D eigenvalue weighted by Crippen LogP contribution is -2.24. The fourth-order valence-electron chi connectivity index (χ4n) is 2.18. The van der Waals surface area contributed by atoms with Crippen LogP contribution in [0.15, 0.2) is 36.9 Å². The number of phenolic OH excluding ortho intramolecular Hbond substituents is 1. The second-order valence-corrected chi connectivity index (χ2v) is 4.85. The molecule has 0 spiro atoms. The number of hydrogen-bond donors (Lipinski definition) is 1. The molecule has 0 aliphatic carbocycles. The van der Waals surface area contributed by atoms with Crippen molar-refractivity contribution in [3.8, 4) is 5.75 Å². The van der Waals surface area contributed by atoms with Crippen LogP contribution >= 0.6 is 11.6 Å². The van der Waals surface area contributed by atoms with E-state index in [1.807, 2.05) is 25.1 Å². The summed E-state index contributed by atoms with van der Waals surface area (Å²) in [5, 5.41) is 9.35. The van der Waals surface area contributed by atoms with Crippen LogP contribution in [0.25, 0.3) is 0 Å². The molecule has 1 unspecified atom stereocenters. The highest BCUT2D eigenvalue weighted by atomic mass is 35.5. The second-order valence-electron chi connectivity index (χ2n) is 4.48. The molecule has 0 fully saturated rings. The van der Waals surface area contributed by atoms with Crippen molar-refractivity contribution in [2.24, 2.45) is 5.92 Å². The Hall–Kier alpha value is -0.990. The molecule has 1 rings (SSSR count). The van der Waals surface area contributed by atoms with E-state index in [9.17, 15) is 5.11 Å². The van der Waals surface area contributed by atoms with Crippen molar-refractivity contribution < 1.29 is 9.84 Å². The molecule has 0 aliphatic heterocycles. The maximum atomic E-state index is 9.35. The van der Waals surface area contributed by atoms with Crippen LogP contribution in [0.4, 0.5) is 0 Å². The van der Waals surface area contributed by atoms with Crippen LogP contribution in [0.5, 0.6) is 5.75 Å². The van der Waals surface area contributed by atoms with Gasteiger partial charge in [0.05, 0.1) is 12.7 Å². The summed E-state index contributed by atoms with van der Waals surface area (Å²) < 4.78 is 5.72. The van der Waals surface area contributed by atoms with Crippen LogP contribution < -0.4 is 0 Å². The molecule has 0 radical (unpaired) electrons. The predicted molar refractivity (Wildman–Crippen MR) is 76.3 cm³/mol. The van der Waals surface area contributed by atoms with Crippen molar-refractivity contribution >= 4 is 11.6 Å². The van der Waals surface area contributed by atoms with E-state index in [-0.39, 0.29) is 17.8 Å². The molecule has 0 aromatic heterocycles.